The monoisotopic (exact) mass is 374 g/mol. The molecule has 2 heterocycles. The second kappa shape index (κ2) is 6.86. The minimum atomic E-state index is -0.0473. The van der Waals surface area contributed by atoms with E-state index in [1.165, 1.54) is 0 Å². The summed E-state index contributed by atoms with van der Waals surface area (Å²) in [6.07, 6.45) is 3.98. The molecule has 2 saturated heterocycles. The van der Waals surface area contributed by atoms with Crippen LogP contribution in [0.25, 0.3) is 0 Å². The molecule has 1 aromatic carbocycles. The fraction of sp³-hybridized carbons (Fsp3) is 0.625. The molecule has 1 unspecified atom stereocenters. The van der Waals surface area contributed by atoms with Crippen LogP contribution in [0.5, 0.6) is 5.75 Å². The van der Waals surface area contributed by atoms with Gasteiger partial charge in [0.15, 0.2) is 0 Å². The lowest BCUT2D eigenvalue weighted by molar-refractivity contribution is -0.155. The number of halogens is 2. The minimum absolute atomic E-state index is 0.0473. The normalized spacial score (nSPS) is 25.0. The number of hydrogen-bond acceptors (Lipinski definition) is 3. The van der Waals surface area contributed by atoms with E-state index in [0.29, 0.717) is 5.33 Å². The quantitative estimate of drug-likeness (QED) is 0.735. The first-order valence-corrected chi connectivity index (χ1v) is 8.94. The van der Waals surface area contributed by atoms with E-state index in [1.807, 2.05) is 18.2 Å². The van der Waals surface area contributed by atoms with Gasteiger partial charge in [-0.05, 0) is 25.0 Å². The molecule has 0 aromatic heterocycles. The summed E-state index contributed by atoms with van der Waals surface area (Å²) in [6, 6.07) is 5.83. The Hall–Kier alpha value is -0.290. The molecular weight excluding hydrogens is 356 g/mol. The zero-order chi connectivity index (χ0) is 14.7. The van der Waals surface area contributed by atoms with Gasteiger partial charge in [-0.1, -0.05) is 33.6 Å². The molecule has 2 aliphatic rings. The van der Waals surface area contributed by atoms with Crippen molar-refractivity contribution >= 4 is 27.5 Å². The molecule has 21 heavy (non-hydrogen) atoms. The third kappa shape index (κ3) is 3.55. The molecule has 0 amide bonds. The summed E-state index contributed by atoms with van der Waals surface area (Å²) in [6.45, 7) is 2.34. The minimum Gasteiger partial charge on any atom is -0.490 e. The van der Waals surface area contributed by atoms with Gasteiger partial charge in [0.25, 0.3) is 0 Å². The highest BCUT2D eigenvalue weighted by Crippen LogP contribution is 2.37. The van der Waals surface area contributed by atoms with Crippen molar-refractivity contribution in [3.63, 3.8) is 0 Å². The van der Waals surface area contributed by atoms with Gasteiger partial charge in [-0.3, -0.25) is 0 Å². The van der Waals surface area contributed by atoms with E-state index in [1.54, 1.807) is 0 Å². The van der Waals surface area contributed by atoms with Crippen LogP contribution in [-0.4, -0.2) is 31.5 Å². The molecular formula is C16H20BrClO3. The number of alkyl halides is 1. The van der Waals surface area contributed by atoms with Gasteiger partial charge in [0.2, 0.25) is 0 Å². The molecule has 0 radical (unpaired) electrons. The Morgan fingerprint density at radius 2 is 2.10 bits per heavy atom. The molecule has 5 heteroatoms. The Labute approximate surface area is 139 Å². The summed E-state index contributed by atoms with van der Waals surface area (Å²) in [7, 11) is 0. The second-order valence-electron chi connectivity index (χ2n) is 5.73. The van der Waals surface area contributed by atoms with Crippen molar-refractivity contribution in [1.82, 2.24) is 0 Å². The molecule has 2 fully saturated rings. The average Bonchev–Trinajstić information content (AvgIpc) is 2.48. The summed E-state index contributed by atoms with van der Waals surface area (Å²) in [5.41, 5.74) is 0.973. The lowest BCUT2D eigenvalue weighted by atomic mass is 9.85. The third-order valence-electron chi connectivity index (χ3n) is 4.35. The molecule has 116 valence electrons. The smallest absolute Gasteiger partial charge is 0.125 e. The van der Waals surface area contributed by atoms with Gasteiger partial charge in [-0.2, -0.15) is 0 Å². The SMILES string of the molecule is Clc1cccc(OC2CCOC3(CCOCC3)C2)c1CBr. The maximum Gasteiger partial charge on any atom is 0.125 e. The summed E-state index contributed by atoms with van der Waals surface area (Å²) in [5.74, 6) is 0.883. The first-order chi connectivity index (χ1) is 10.2. The maximum absolute atomic E-state index is 6.25. The van der Waals surface area contributed by atoms with Gasteiger partial charge < -0.3 is 14.2 Å². The molecule has 2 aliphatic heterocycles. The predicted octanol–water partition coefficient (Wildman–Crippen LogP) is 4.34. The Kier molecular flexibility index (Phi) is 5.10. The predicted molar refractivity (Wildman–Crippen MR) is 86.5 cm³/mol. The first-order valence-electron chi connectivity index (χ1n) is 7.44. The number of hydrogen-bond donors (Lipinski definition) is 0. The fourth-order valence-electron chi connectivity index (χ4n) is 3.13. The molecule has 1 aromatic rings. The summed E-state index contributed by atoms with van der Waals surface area (Å²) in [5, 5.41) is 1.45. The van der Waals surface area contributed by atoms with Gasteiger partial charge >= 0.3 is 0 Å². The Bertz CT molecular complexity index is 483. The third-order valence-corrected chi connectivity index (χ3v) is 5.27. The topological polar surface area (TPSA) is 27.7 Å². The van der Waals surface area contributed by atoms with Crippen molar-refractivity contribution in [2.45, 2.75) is 42.7 Å². The maximum atomic E-state index is 6.25. The number of rotatable bonds is 3. The van der Waals surface area contributed by atoms with Crippen LogP contribution in [0.1, 0.15) is 31.2 Å². The van der Waals surface area contributed by atoms with Crippen LogP contribution in [0.2, 0.25) is 5.02 Å². The highest BCUT2D eigenvalue weighted by atomic mass is 79.9. The van der Waals surface area contributed by atoms with Crippen LogP contribution in [0, 0.1) is 0 Å². The summed E-state index contributed by atoms with van der Waals surface area (Å²) >= 11 is 9.73. The van der Waals surface area contributed by atoms with Crippen LogP contribution >= 0.6 is 27.5 Å². The molecule has 1 spiro atoms. The van der Waals surface area contributed by atoms with E-state index in [4.69, 9.17) is 25.8 Å². The van der Waals surface area contributed by atoms with Crippen LogP contribution in [0.15, 0.2) is 18.2 Å². The van der Waals surface area contributed by atoms with Crippen molar-refractivity contribution in [1.29, 1.82) is 0 Å². The molecule has 1 atom stereocenters. The fourth-order valence-corrected chi connectivity index (χ4v) is 4.11. The van der Waals surface area contributed by atoms with Crippen LogP contribution in [0.3, 0.4) is 0 Å². The number of benzene rings is 1. The van der Waals surface area contributed by atoms with Gasteiger partial charge in [-0.25, -0.2) is 0 Å². The van der Waals surface area contributed by atoms with Crippen molar-refractivity contribution in [2.75, 3.05) is 19.8 Å². The van der Waals surface area contributed by atoms with Gasteiger partial charge in [0, 0.05) is 42.0 Å². The Morgan fingerprint density at radius 1 is 1.29 bits per heavy atom. The van der Waals surface area contributed by atoms with Crippen molar-refractivity contribution in [3.05, 3.63) is 28.8 Å². The molecule has 0 N–H and O–H groups in total. The van der Waals surface area contributed by atoms with Gasteiger partial charge in [0.05, 0.1) is 12.2 Å². The number of ether oxygens (including phenoxy) is 3. The van der Waals surface area contributed by atoms with Crippen molar-refractivity contribution in [2.24, 2.45) is 0 Å². The van der Waals surface area contributed by atoms with Gasteiger partial charge in [-0.15, -0.1) is 0 Å². The highest BCUT2D eigenvalue weighted by Gasteiger charge is 2.40. The largest absolute Gasteiger partial charge is 0.490 e. The van der Waals surface area contributed by atoms with Crippen LogP contribution < -0.4 is 4.74 Å². The van der Waals surface area contributed by atoms with Crippen LogP contribution in [0.4, 0.5) is 0 Å². The highest BCUT2D eigenvalue weighted by molar-refractivity contribution is 9.08. The van der Waals surface area contributed by atoms with Crippen molar-refractivity contribution in [3.8, 4) is 5.75 Å². The molecule has 3 nitrogen and oxygen atoms in total. The lowest BCUT2D eigenvalue weighted by Gasteiger charge is -2.43. The average molecular weight is 376 g/mol. The van der Waals surface area contributed by atoms with Crippen LogP contribution in [-0.2, 0) is 14.8 Å². The van der Waals surface area contributed by atoms with E-state index < -0.39 is 0 Å². The van der Waals surface area contributed by atoms with E-state index in [9.17, 15) is 0 Å². The molecule has 3 rings (SSSR count). The summed E-state index contributed by atoms with van der Waals surface area (Å²) < 4.78 is 17.8. The molecule has 0 bridgehead atoms. The standard InChI is InChI=1S/C16H20BrClO3/c17-11-13-14(18)2-1-3-15(13)21-12-4-7-20-16(10-12)5-8-19-9-6-16/h1-3,12H,4-11H2. The second-order valence-corrected chi connectivity index (χ2v) is 6.69. The first kappa shape index (κ1) is 15.6. The Morgan fingerprint density at radius 3 is 2.86 bits per heavy atom. The van der Waals surface area contributed by atoms with E-state index in [2.05, 4.69) is 15.9 Å². The zero-order valence-electron chi connectivity index (χ0n) is 11.9. The van der Waals surface area contributed by atoms with E-state index in [0.717, 1.165) is 61.8 Å². The zero-order valence-corrected chi connectivity index (χ0v) is 14.3. The lowest BCUT2D eigenvalue weighted by Crippen LogP contribution is -2.47. The van der Waals surface area contributed by atoms with E-state index >= 15 is 0 Å². The van der Waals surface area contributed by atoms with Crippen molar-refractivity contribution < 1.29 is 14.2 Å². The summed E-state index contributed by atoms with van der Waals surface area (Å²) in [4.78, 5) is 0. The molecule has 0 aliphatic carbocycles. The van der Waals surface area contributed by atoms with E-state index in [-0.39, 0.29) is 11.7 Å². The Balaban J connectivity index is 1.71. The van der Waals surface area contributed by atoms with Gasteiger partial charge in [0.1, 0.15) is 11.9 Å². The molecule has 0 saturated carbocycles.